The van der Waals surface area contributed by atoms with E-state index in [1.807, 2.05) is 29.3 Å². The molecule has 17 heavy (non-hydrogen) atoms. The maximum atomic E-state index is 4.47. The average Bonchev–Trinajstić information content (AvgIpc) is 2.97. The smallest absolute Gasteiger partial charge is 0.0731 e. The van der Waals surface area contributed by atoms with Crippen molar-refractivity contribution in [3.05, 3.63) is 42.0 Å². The number of aryl methyl sites for hydroxylation is 2. The van der Waals surface area contributed by atoms with E-state index in [1.54, 1.807) is 0 Å². The van der Waals surface area contributed by atoms with E-state index in [0.717, 1.165) is 25.1 Å². The molecule has 1 N–H and O–H groups in total. The molecular weight excluding hydrogens is 212 g/mol. The molecule has 0 saturated carbocycles. The molecule has 4 nitrogen and oxygen atoms in total. The third-order valence-electron chi connectivity index (χ3n) is 3.26. The summed E-state index contributed by atoms with van der Waals surface area (Å²) >= 11 is 0. The molecule has 4 heteroatoms. The fourth-order valence-corrected chi connectivity index (χ4v) is 2.37. The molecule has 0 aliphatic heterocycles. The number of fused-ring (bicyclic) bond motifs is 1. The van der Waals surface area contributed by atoms with Gasteiger partial charge in [0, 0.05) is 18.9 Å². The zero-order valence-electron chi connectivity index (χ0n) is 9.93. The summed E-state index contributed by atoms with van der Waals surface area (Å²) in [6.45, 7) is 2.99. The Bertz CT molecular complexity index is 518. The van der Waals surface area contributed by atoms with Gasteiger partial charge in [0.1, 0.15) is 0 Å². The Kier molecular flexibility index (Phi) is 2.55. The lowest BCUT2D eigenvalue weighted by Crippen LogP contribution is -2.07. The average molecular weight is 228 g/mol. The van der Waals surface area contributed by atoms with Crippen LogP contribution in [-0.4, -0.2) is 14.8 Å². The minimum atomic E-state index is 0.334. The third kappa shape index (κ3) is 1.90. The molecule has 0 fully saturated rings. The zero-order valence-corrected chi connectivity index (χ0v) is 9.93. The molecule has 1 aliphatic carbocycles. The Balaban J connectivity index is 1.79. The minimum absolute atomic E-state index is 0.334. The highest BCUT2D eigenvalue weighted by Gasteiger charge is 2.23. The molecule has 1 unspecified atom stereocenters. The van der Waals surface area contributed by atoms with Crippen LogP contribution < -0.4 is 5.32 Å². The van der Waals surface area contributed by atoms with Gasteiger partial charge in [0.05, 0.1) is 23.6 Å². The van der Waals surface area contributed by atoms with E-state index < -0.39 is 0 Å². The van der Waals surface area contributed by atoms with Gasteiger partial charge < -0.3 is 5.32 Å². The minimum Gasteiger partial charge on any atom is -0.374 e. The van der Waals surface area contributed by atoms with Crippen molar-refractivity contribution in [3.8, 4) is 0 Å². The predicted molar refractivity (Wildman–Crippen MR) is 66.8 cm³/mol. The molecule has 3 rings (SSSR count). The van der Waals surface area contributed by atoms with Crippen molar-refractivity contribution >= 4 is 5.69 Å². The summed E-state index contributed by atoms with van der Waals surface area (Å²) in [4.78, 5) is 4.47. The molecule has 2 heterocycles. The topological polar surface area (TPSA) is 42.7 Å². The molecule has 0 radical (unpaired) electrons. The summed E-state index contributed by atoms with van der Waals surface area (Å²) in [6.07, 6.45) is 8.02. The highest BCUT2D eigenvalue weighted by Crippen LogP contribution is 2.31. The summed E-state index contributed by atoms with van der Waals surface area (Å²) in [5, 5.41) is 7.77. The summed E-state index contributed by atoms with van der Waals surface area (Å²) < 4.78 is 1.93. The normalized spacial score (nSPS) is 18.1. The molecule has 0 saturated heterocycles. The van der Waals surface area contributed by atoms with Gasteiger partial charge in [-0.25, -0.2) is 0 Å². The van der Waals surface area contributed by atoms with E-state index in [-0.39, 0.29) is 0 Å². The Morgan fingerprint density at radius 3 is 3.29 bits per heavy atom. The number of hydrogen-bond donors (Lipinski definition) is 1. The molecular formula is C13H16N4. The largest absolute Gasteiger partial charge is 0.374 e. The number of nitrogens with one attached hydrogen (secondary N) is 1. The van der Waals surface area contributed by atoms with Crippen LogP contribution in [0.4, 0.5) is 5.69 Å². The number of anilines is 1. The van der Waals surface area contributed by atoms with Crippen molar-refractivity contribution in [1.82, 2.24) is 14.8 Å². The Morgan fingerprint density at radius 1 is 1.53 bits per heavy atom. The van der Waals surface area contributed by atoms with Gasteiger partial charge in [-0.05, 0) is 31.4 Å². The van der Waals surface area contributed by atoms with Crippen LogP contribution in [0.25, 0.3) is 0 Å². The molecule has 0 amide bonds. The molecule has 2 aromatic rings. The standard InChI is InChI=1S/C13H16N4/c1-2-17-9-11(8-15-17)16-12-6-5-10-4-3-7-14-13(10)12/h3-4,7-9,12,16H,2,5-6H2,1H3. The summed E-state index contributed by atoms with van der Waals surface area (Å²) in [5.41, 5.74) is 3.64. The highest BCUT2D eigenvalue weighted by molar-refractivity contribution is 5.43. The predicted octanol–water partition coefficient (Wildman–Crippen LogP) is 2.40. The molecule has 1 atom stereocenters. The lowest BCUT2D eigenvalue weighted by atomic mass is 10.2. The molecule has 1 aliphatic rings. The zero-order chi connectivity index (χ0) is 11.7. The van der Waals surface area contributed by atoms with Crippen LogP contribution in [0.3, 0.4) is 0 Å². The van der Waals surface area contributed by atoms with E-state index in [0.29, 0.717) is 6.04 Å². The first kappa shape index (κ1) is 10.3. The fourth-order valence-electron chi connectivity index (χ4n) is 2.37. The first-order chi connectivity index (χ1) is 8.36. The van der Waals surface area contributed by atoms with Gasteiger partial charge in [-0.1, -0.05) is 6.07 Å². The highest BCUT2D eigenvalue weighted by atomic mass is 15.3. The van der Waals surface area contributed by atoms with Crippen LogP contribution in [0.5, 0.6) is 0 Å². The lowest BCUT2D eigenvalue weighted by Gasteiger charge is -2.12. The van der Waals surface area contributed by atoms with Gasteiger partial charge in [0.2, 0.25) is 0 Å². The molecule has 88 valence electrons. The number of rotatable bonds is 3. The number of aromatic nitrogens is 3. The fraction of sp³-hybridized carbons (Fsp3) is 0.385. The second kappa shape index (κ2) is 4.20. The molecule has 0 bridgehead atoms. The third-order valence-corrected chi connectivity index (χ3v) is 3.26. The molecule has 2 aromatic heterocycles. The van der Waals surface area contributed by atoms with Crippen molar-refractivity contribution in [2.45, 2.75) is 32.4 Å². The summed E-state index contributed by atoms with van der Waals surface area (Å²) in [6, 6.07) is 4.51. The van der Waals surface area contributed by atoms with Crippen LogP contribution in [0.2, 0.25) is 0 Å². The molecule has 0 spiro atoms. The van der Waals surface area contributed by atoms with Crippen molar-refractivity contribution in [1.29, 1.82) is 0 Å². The SMILES string of the molecule is CCn1cc(NC2CCc3cccnc32)cn1. The van der Waals surface area contributed by atoms with Gasteiger partial charge >= 0.3 is 0 Å². The first-order valence-corrected chi connectivity index (χ1v) is 6.09. The lowest BCUT2D eigenvalue weighted by molar-refractivity contribution is 0.659. The Labute approximate surface area is 101 Å². The van der Waals surface area contributed by atoms with Gasteiger partial charge in [0.15, 0.2) is 0 Å². The second-order valence-electron chi connectivity index (χ2n) is 4.37. The van der Waals surface area contributed by atoms with Crippen molar-refractivity contribution in [3.63, 3.8) is 0 Å². The van der Waals surface area contributed by atoms with Gasteiger partial charge in [-0.2, -0.15) is 5.10 Å². The number of pyridine rings is 1. The van der Waals surface area contributed by atoms with Crippen LogP contribution in [0, 0.1) is 0 Å². The number of hydrogen-bond acceptors (Lipinski definition) is 3. The Morgan fingerprint density at radius 2 is 2.47 bits per heavy atom. The maximum Gasteiger partial charge on any atom is 0.0731 e. The van der Waals surface area contributed by atoms with Crippen LogP contribution in [0.15, 0.2) is 30.7 Å². The van der Waals surface area contributed by atoms with E-state index in [1.165, 1.54) is 11.3 Å². The van der Waals surface area contributed by atoms with Crippen LogP contribution >= 0.6 is 0 Å². The van der Waals surface area contributed by atoms with Gasteiger partial charge in [0.25, 0.3) is 0 Å². The van der Waals surface area contributed by atoms with Crippen molar-refractivity contribution in [2.24, 2.45) is 0 Å². The quantitative estimate of drug-likeness (QED) is 0.877. The Hall–Kier alpha value is -1.84. The monoisotopic (exact) mass is 228 g/mol. The van der Waals surface area contributed by atoms with E-state index in [4.69, 9.17) is 0 Å². The summed E-state index contributed by atoms with van der Waals surface area (Å²) in [5.74, 6) is 0. The first-order valence-electron chi connectivity index (χ1n) is 6.09. The van der Waals surface area contributed by atoms with E-state index in [9.17, 15) is 0 Å². The van der Waals surface area contributed by atoms with Crippen molar-refractivity contribution in [2.75, 3.05) is 5.32 Å². The number of nitrogens with zero attached hydrogens (tertiary/aromatic N) is 3. The second-order valence-corrected chi connectivity index (χ2v) is 4.37. The van der Waals surface area contributed by atoms with E-state index in [2.05, 4.69) is 28.4 Å². The van der Waals surface area contributed by atoms with Gasteiger partial charge in [-0.15, -0.1) is 0 Å². The van der Waals surface area contributed by atoms with Gasteiger partial charge in [-0.3, -0.25) is 9.67 Å². The maximum absolute atomic E-state index is 4.47. The summed E-state index contributed by atoms with van der Waals surface area (Å²) in [7, 11) is 0. The van der Waals surface area contributed by atoms with Crippen molar-refractivity contribution < 1.29 is 0 Å². The van der Waals surface area contributed by atoms with Crippen LogP contribution in [-0.2, 0) is 13.0 Å². The molecule has 0 aromatic carbocycles. The van der Waals surface area contributed by atoms with Crippen LogP contribution in [0.1, 0.15) is 30.6 Å². The van der Waals surface area contributed by atoms with E-state index >= 15 is 0 Å².